The molecule has 0 bridgehead atoms. The zero-order chi connectivity index (χ0) is 16.1. The normalized spacial score (nSPS) is 10.8. The van der Waals surface area contributed by atoms with Gasteiger partial charge in [-0.1, -0.05) is 36.0 Å². The van der Waals surface area contributed by atoms with Crippen molar-refractivity contribution in [2.75, 3.05) is 0 Å². The maximum atomic E-state index is 13.4. The second-order valence-electron chi connectivity index (χ2n) is 4.64. The molecule has 0 unspecified atom stereocenters. The zero-order valence-corrected chi connectivity index (χ0v) is 12.6. The molecule has 0 spiro atoms. The van der Waals surface area contributed by atoms with E-state index >= 15 is 0 Å². The van der Waals surface area contributed by atoms with E-state index in [0.29, 0.717) is 22.9 Å². The number of carbonyl (C=O) groups is 1. The summed E-state index contributed by atoms with van der Waals surface area (Å²) in [4.78, 5) is 12.3. The summed E-state index contributed by atoms with van der Waals surface area (Å²) in [6.07, 6.45) is 0. The van der Waals surface area contributed by atoms with Crippen molar-refractivity contribution in [3.8, 4) is 0 Å². The number of hydrogen-bond donors (Lipinski definition) is 1. The Kier molecular flexibility index (Phi) is 5.49. The molecule has 0 aromatic heterocycles. The summed E-state index contributed by atoms with van der Waals surface area (Å²) in [7, 11) is 0. The molecule has 0 aliphatic heterocycles. The van der Waals surface area contributed by atoms with Crippen LogP contribution in [0.15, 0.2) is 47.4 Å². The van der Waals surface area contributed by atoms with E-state index in [-0.39, 0.29) is 22.8 Å². The average molecular weight is 325 g/mol. The first-order chi connectivity index (χ1) is 10.5. The lowest BCUT2D eigenvalue weighted by Crippen LogP contribution is -2.23. The van der Waals surface area contributed by atoms with Gasteiger partial charge < -0.3 is 5.32 Å². The molecule has 22 heavy (non-hydrogen) atoms. The maximum absolute atomic E-state index is 13.4. The Morgan fingerprint density at radius 1 is 1.23 bits per heavy atom. The van der Waals surface area contributed by atoms with Crippen LogP contribution in [0.3, 0.4) is 0 Å². The molecule has 2 nitrogen and oxygen atoms in total. The smallest absolute Gasteiger partial charge is 0.288 e. The Hall–Kier alpha value is -1.95. The van der Waals surface area contributed by atoms with Gasteiger partial charge in [-0.25, -0.2) is 4.39 Å². The predicted molar refractivity (Wildman–Crippen MR) is 80.6 cm³/mol. The highest BCUT2D eigenvalue weighted by molar-refractivity contribution is 7.99. The number of benzene rings is 2. The average Bonchev–Trinajstić information content (AvgIpc) is 2.48. The molecule has 0 heterocycles. The van der Waals surface area contributed by atoms with Gasteiger partial charge in [-0.2, -0.15) is 8.78 Å². The van der Waals surface area contributed by atoms with Crippen molar-refractivity contribution in [3.05, 3.63) is 65.0 Å². The number of hydrogen-bond acceptors (Lipinski definition) is 2. The van der Waals surface area contributed by atoms with Crippen LogP contribution in [0.2, 0.25) is 0 Å². The molecule has 116 valence electrons. The van der Waals surface area contributed by atoms with Crippen LogP contribution in [0.1, 0.15) is 21.5 Å². The van der Waals surface area contributed by atoms with Crippen LogP contribution in [0.4, 0.5) is 13.2 Å². The van der Waals surface area contributed by atoms with Crippen LogP contribution in [0, 0.1) is 12.7 Å². The highest BCUT2D eigenvalue weighted by atomic mass is 32.2. The van der Waals surface area contributed by atoms with Crippen LogP contribution in [0.5, 0.6) is 0 Å². The largest absolute Gasteiger partial charge is 0.348 e. The standard InChI is InChI=1S/C16H14F3NOS/c1-10-6-7-11(8-13(10)17)9-20-15(21)12-4-2-3-5-14(12)22-16(18)19/h2-8,16H,9H2,1H3,(H,20,21). The molecule has 0 saturated carbocycles. The number of aryl methyl sites for hydroxylation is 1. The quantitative estimate of drug-likeness (QED) is 0.827. The summed E-state index contributed by atoms with van der Waals surface area (Å²) in [5, 5.41) is 2.61. The molecule has 0 aliphatic rings. The third kappa shape index (κ3) is 4.27. The van der Waals surface area contributed by atoms with E-state index < -0.39 is 11.7 Å². The fourth-order valence-electron chi connectivity index (χ4n) is 1.88. The minimum atomic E-state index is -2.60. The molecule has 2 rings (SSSR count). The van der Waals surface area contributed by atoms with E-state index in [9.17, 15) is 18.0 Å². The third-order valence-corrected chi connectivity index (χ3v) is 3.83. The summed E-state index contributed by atoms with van der Waals surface area (Å²) < 4.78 is 38.4. The SMILES string of the molecule is Cc1ccc(CNC(=O)c2ccccc2SC(F)F)cc1F. The number of thioether (sulfide) groups is 1. The summed E-state index contributed by atoms with van der Waals surface area (Å²) in [6.45, 7) is 1.78. The van der Waals surface area contributed by atoms with Crippen LogP contribution < -0.4 is 5.32 Å². The van der Waals surface area contributed by atoms with Crippen LogP contribution in [-0.4, -0.2) is 11.7 Å². The lowest BCUT2D eigenvalue weighted by atomic mass is 10.1. The second-order valence-corrected chi connectivity index (χ2v) is 5.67. The summed E-state index contributed by atoms with van der Waals surface area (Å²) >= 11 is 0.325. The molecule has 1 N–H and O–H groups in total. The number of alkyl halides is 2. The van der Waals surface area contributed by atoms with Gasteiger partial charge in [0.1, 0.15) is 5.82 Å². The number of nitrogens with one attached hydrogen (secondary N) is 1. The highest BCUT2D eigenvalue weighted by Crippen LogP contribution is 2.28. The number of carbonyl (C=O) groups excluding carboxylic acids is 1. The van der Waals surface area contributed by atoms with Crippen molar-refractivity contribution >= 4 is 17.7 Å². The first-order valence-corrected chi connectivity index (χ1v) is 7.42. The summed E-state index contributed by atoms with van der Waals surface area (Å²) in [6, 6.07) is 10.8. The van der Waals surface area contributed by atoms with Crippen LogP contribution in [-0.2, 0) is 6.54 Å². The minimum absolute atomic E-state index is 0.129. The van der Waals surface area contributed by atoms with Gasteiger partial charge >= 0.3 is 0 Å². The predicted octanol–water partition coefficient (Wildman–Crippen LogP) is 4.38. The summed E-state index contributed by atoms with van der Waals surface area (Å²) in [5.74, 6) is -3.41. The first-order valence-electron chi connectivity index (χ1n) is 6.54. The molecule has 1 amide bonds. The number of rotatable bonds is 5. The zero-order valence-electron chi connectivity index (χ0n) is 11.8. The van der Waals surface area contributed by atoms with Gasteiger partial charge in [-0.15, -0.1) is 0 Å². The fourth-order valence-corrected chi connectivity index (χ4v) is 2.51. The van der Waals surface area contributed by atoms with Gasteiger partial charge in [-0.3, -0.25) is 4.79 Å². The van der Waals surface area contributed by atoms with Crippen LogP contribution in [0.25, 0.3) is 0 Å². The Bertz CT molecular complexity index is 676. The minimum Gasteiger partial charge on any atom is -0.348 e. The number of amides is 1. The highest BCUT2D eigenvalue weighted by Gasteiger charge is 2.15. The molecule has 2 aromatic rings. The molecule has 0 radical (unpaired) electrons. The van der Waals surface area contributed by atoms with Crippen molar-refractivity contribution in [3.63, 3.8) is 0 Å². The molecule has 0 aliphatic carbocycles. The maximum Gasteiger partial charge on any atom is 0.288 e. The Morgan fingerprint density at radius 2 is 1.95 bits per heavy atom. The van der Waals surface area contributed by atoms with Gasteiger partial charge in [0.2, 0.25) is 0 Å². The Labute approximate surface area is 130 Å². The molecular weight excluding hydrogens is 311 g/mol. The number of halogens is 3. The van der Waals surface area contributed by atoms with Crippen molar-refractivity contribution in [1.82, 2.24) is 5.32 Å². The monoisotopic (exact) mass is 325 g/mol. The lowest BCUT2D eigenvalue weighted by molar-refractivity contribution is 0.0948. The van der Waals surface area contributed by atoms with E-state index in [0.717, 1.165) is 0 Å². The Morgan fingerprint density at radius 3 is 2.64 bits per heavy atom. The van der Waals surface area contributed by atoms with Gasteiger partial charge in [0.15, 0.2) is 0 Å². The molecule has 2 aromatic carbocycles. The fraction of sp³-hybridized carbons (Fsp3) is 0.188. The topological polar surface area (TPSA) is 29.1 Å². The lowest BCUT2D eigenvalue weighted by Gasteiger charge is -2.10. The molecule has 0 saturated heterocycles. The van der Waals surface area contributed by atoms with E-state index in [1.807, 2.05) is 0 Å². The third-order valence-electron chi connectivity index (χ3n) is 3.04. The van der Waals surface area contributed by atoms with E-state index in [1.54, 1.807) is 31.2 Å². The van der Waals surface area contributed by atoms with Crippen molar-refractivity contribution in [2.24, 2.45) is 0 Å². The molecule has 0 atom stereocenters. The van der Waals surface area contributed by atoms with Crippen LogP contribution >= 0.6 is 11.8 Å². The van der Waals surface area contributed by atoms with Gasteiger partial charge in [0, 0.05) is 11.4 Å². The van der Waals surface area contributed by atoms with E-state index in [4.69, 9.17) is 0 Å². The van der Waals surface area contributed by atoms with Gasteiger partial charge in [0.25, 0.3) is 11.7 Å². The Balaban J connectivity index is 2.07. The van der Waals surface area contributed by atoms with Crippen molar-refractivity contribution in [2.45, 2.75) is 24.1 Å². The first kappa shape index (κ1) is 16.4. The molecular formula is C16H14F3NOS. The van der Waals surface area contributed by atoms with E-state index in [1.165, 1.54) is 18.2 Å². The van der Waals surface area contributed by atoms with Crippen molar-refractivity contribution < 1.29 is 18.0 Å². The van der Waals surface area contributed by atoms with Gasteiger partial charge in [0.05, 0.1) is 5.56 Å². The second kappa shape index (κ2) is 7.35. The molecule has 6 heteroatoms. The van der Waals surface area contributed by atoms with Gasteiger partial charge in [-0.05, 0) is 36.2 Å². The van der Waals surface area contributed by atoms with E-state index in [2.05, 4.69) is 5.32 Å². The summed E-state index contributed by atoms with van der Waals surface area (Å²) in [5.41, 5.74) is 1.31. The molecule has 0 fully saturated rings. The van der Waals surface area contributed by atoms with Crippen molar-refractivity contribution in [1.29, 1.82) is 0 Å².